The number of methoxy groups -OCH3 is 1. The van der Waals surface area contributed by atoms with E-state index in [0.717, 1.165) is 45.2 Å². The van der Waals surface area contributed by atoms with Gasteiger partial charge in [0.2, 0.25) is 10.0 Å². The molecule has 0 radical (unpaired) electrons. The number of rotatable bonds is 7. The zero-order valence-corrected chi connectivity index (χ0v) is 19.8. The van der Waals surface area contributed by atoms with Gasteiger partial charge < -0.3 is 15.0 Å². The van der Waals surface area contributed by atoms with Gasteiger partial charge in [-0.3, -0.25) is 14.9 Å². The van der Waals surface area contributed by atoms with Gasteiger partial charge in [-0.25, -0.2) is 8.42 Å². The van der Waals surface area contributed by atoms with Crippen LogP contribution in [-0.2, 0) is 10.0 Å². The van der Waals surface area contributed by atoms with Crippen molar-refractivity contribution in [3.8, 4) is 5.75 Å². The number of amides is 1. The quantitative estimate of drug-likeness (QED) is 0.466. The molecule has 0 atom stereocenters. The average molecular weight is 489 g/mol. The molecule has 0 bridgehead atoms. The molecule has 0 saturated carbocycles. The molecule has 2 aromatic rings. The number of nitrogens with zero attached hydrogens (tertiary/aromatic N) is 3. The minimum Gasteiger partial charge on any atom is -0.495 e. The van der Waals surface area contributed by atoms with Crippen molar-refractivity contribution in [3.63, 3.8) is 0 Å². The first-order valence-corrected chi connectivity index (χ1v) is 12.8. The Morgan fingerprint density at radius 3 is 2.32 bits per heavy atom. The molecule has 2 aliphatic rings. The fraction of sp³-hybridized carbons (Fsp3) is 0.435. The molecule has 2 saturated heterocycles. The van der Waals surface area contributed by atoms with E-state index in [1.54, 1.807) is 12.1 Å². The van der Waals surface area contributed by atoms with Crippen LogP contribution in [0.15, 0.2) is 41.3 Å². The van der Waals surface area contributed by atoms with Crippen LogP contribution in [0, 0.1) is 10.1 Å². The van der Waals surface area contributed by atoms with Crippen molar-refractivity contribution in [3.05, 3.63) is 52.1 Å². The molecule has 10 nitrogen and oxygen atoms in total. The Bertz CT molecular complexity index is 1190. The number of nitro groups is 1. The highest BCUT2D eigenvalue weighted by Gasteiger charge is 2.30. The largest absolute Gasteiger partial charge is 0.495 e. The molecule has 0 spiro atoms. The van der Waals surface area contributed by atoms with Gasteiger partial charge in [-0.05, 0) is 49.9 Å². The van der Waals surface area contributed by atoms with Crippen molar-refractivity contribution in [1.29, 1.82) is 0 Å². The summed E-state index contributed by atoms with van der Waals surface area (Å²) in [6.07, 6.45) is 4.54. The number of nitrogens with one attached hydrogen (secondary N) is 1. The third-order valence-corrected chi connectivity index (χ3v) is 8.16. The zero-order valence-electron chi connectivity index (χ0n) is 19.0. The van der Waals surface area contributed by atoms with E-state index < -0.39 is 20.9 Å². The van der Waals surface area contributed by atoms with Gasteiger partial charge in [-0.2, -0.15) is 4.31 Å². The topological polar surface area (TPSA) is 122 Å². The maximum Gasteiger partial charge on any atom is 0.270 e. The second-order valence-corrected chi connectivity index (χ2v) is 10.3. The van der Waals surface area contributed by atoms with Crippen molar-refractivity contribution >= 4 is 33.0 Å². The fourth-order valence-electron chi connectivity index (χ4n) is 4.45. The molecule has 0 unspecified atom stereocenters. The predicted molar refractivity (Wildman–Crippen MR) is 128 cm³/mol. The van der Waals surface area contributed by atoms with E-state index in [-0.39, 0.29) is 27.6 Å². The highest BCUT2D eigenvalue weighted by molar-refractivity contribution is 7.89. The first-order chi connectivity index (χ1) is 16.3. The van der Waals surface area contributed by atoms with Gasteiger partial charge in [-0.15, -0.1) is 0 Å². The number of sulfonamides is 1. The summed E-state index contributed by atoms with van der Waals surface area (Å²) in [6, 6.07) is 8.69. The molecule has 11 heteroatoms. The molecule has 0 aromatic heterocycles. The van der Waals surface area contributed by atoms with Crippen molar-refractivity contribution in [2.75, 3.05) is 43.5 Å². The van der Waals surface area contributed by atoms with Crippen molar-refractivity contribution in [2.45, 2.75) is 37.0 Å². The number of non-ortho nitro benzene ring substituents is 1. The molecule has 2 aliphatic heterocycles. The second-order valence-electron chi connectivity index (χ2n) is 8.44. The normalized spacial score (nSPS) is 16.9. The van der Waals surface area contributed by atoms with Crippen LogP contribution < -0.4 is 15.0 Å². The highest BCUT2D eigenvalue weighted by Crippen LogP contribution is 2.33. The van der Waals surface area contributed by atoms with Crippen LogP contribution in [0.5, 0.6) is 5.75 Å². The molecule has 182 valence electrons. The Labute approximate surface area is 198 Å². The van der Waals surface area contributed by atoms with Crippen LogP contribution in [-0.4, -0.2) is 56.8 Å². The maximum absolute atomic E-state index is 13.3. The Kier molecular flexibility index (Phi) is 7.03. The molecule has 34 heavy (non-hydrogen) atoms. The first kappa shape index (κ1) is 24.0. The van der Waals surface area contributed by atoms with Crippen LogP contribution in [0.25, 0.3) is 0 Å². The minimum absolute atomic E-state index is 0.0199. The Hall–Kier alpha value is -3.18. The summed E-state index contributed by atoms with van der Waals surface area (Å²) in [5.41, 5.74) is 0.874. The molecule has 2 heterocycles. The van der Waals surface area contributed by atoms with Gasteiger partial charge >= 0.3 is 0 Å². The number of carbonyl (C=O) groups excluding carboxylic acids is 1. The minimum atomic E-state index is -3.81. The molecular formula is C23H28N4O6S. The van der Waals surface area contributed by atoms with Gasteiger partial charge in [0.25, 0.3) is 11.6 Å². The van der Waals surface area contributed by atoms with Crippen LogP contribution in [0.1, 0.15) is 42.5 Å². The standard InChI is InChI=1S/C23H28N4O6S/c1-33-21-10-7-17(15-22(21)34(31,32)26-13-3-2-4-14-26)24-23(28)19-16-18(27(29)30)8-9-20(19)25-11-5-6-12-25/h7-10,15-16H,2-6,11-14H2,1H3,(H,24,28). The molecule has 4 rings (SSSR count). The molecule has 0 aliphatic carbocycles. The Balaban J connectivity index is 1.67. The Morgan fingerprint density at radius 1 is 1.00 bits per heavy atom. The number of hydrogen-bond donors (Lipinski definition) is 1. The monoisotopic (exact) mass is 488 g/mol. The first-order valence-electron chi connectivity index (χ1n) is 11.3. The van der Waals surface area contributed by atoms with Crippen LogP contribution >= 0.6 is 0 Å². The number of ether oxygens (including phenoxy) is 1. The lowest BCUT2D eigenvalue weighted by atomic mass is 10.1. The number of benzene rings is 2. The summed E-state index contributed by atoms with van der Waals surface area (Å²) in [7, 11) is -2.41. The molecule has 2 aromatic carbocycles. The summed E-state index contributed by atoms with van der Waals surface area (Å²) in [5.74, 6) is -0.353. The summed E-state index contributed by atoms with van der Waals surface area (Å²) >= 11 is 0. The molecule has 1 N–H and O–H groups in total. The number of anilines is 2. The van der Waals surface area contributed by atoms with Gasteiger partial charge in [0.05, 0.1) is 23.3 Å². The summed E-state index contributed by atoms with van der Waals surface area (Å²) in [5, 5.41) is 14.0. The average Bonchev–Trinajstić information content (AvgIpc) is 3.39. The zero-order chi connectivity index (χ0) is 24.3. The third kappa shape index (κ3) is 4.85. The third-order valence-electron chi connectivity index (χ3n) is 6.24. The lowest BCUT2D eigenvalue weighted by Gasteiger charge is -2.26. The second kappa shape index (κ2) is 9.98. The summed E-state index contributed by atoms with van der Waals surface area (Å²) in [6.45, 7) is 2.40. The fourth-order valence-corrected chi connectivity index (χ4v) is 6.15. The number of carbonyl (C=O) groups is 1. The highest BCUT2D eigenvalue weighted by atomic mass is 32.2. The van der Waals surface area contributed by atoms with Gasteiger partial charge in [0, 0.05) is 44.0 Å². The van der Waals surface area contributed by atoms with Crippen LogP contribution in [0.4, 0.5) is 17.1 Å². The van der Waals surface area contributed by atoms with Gasteiger partial charge in [0.15, 0.2) is 0 Å². The maximum atomic E-state index is 13.3. The number of hydrogen-bond acceptors (Lipinski definition) is 7. The van der Waals surface area contributed by atoms with E-state index in [0.29, 0.717) is 18.8 Å². The van der Waals surface area contributed by atoms with Crippen molar-refractivity contribution in [2.24, 2.45) is 0 Å². The summed E-state index contributed by atoms with van der Waals surface area (Å²) < 4.78 is 33.3. The van der Waals surface area contributed by atoms with E-state index in [4.69, 9.17) is 4.74 Å². The number of nitro benzene ring substituents is 1. The smallest absolute Gasteiger partial charge is 0.270 e. The van der Waals surface area contributed by atoms with E-state index in [2.05, 4.69) is 5.32 Å². The lowest BCUT2D eigenvalue weighted by molar-refractivity contribution is -0.384. The number of piperidine rings is 1. The van der Waals surface area contributed by atoms with Gasteiger partial charge in [-0.1, -0.05) is 6.42 Å². The SMILES string of the molecule is COc1ccc(NC(=O)c2cc([N+](=O)[O-])ccc2N2CCCC2)cc1S(=O)(=O)N1CCCCC1. The van der Waals surface area contributed by atoms with E-state index in [9.17, 15) is 23.3 Å². The molecular weight excluding hydrogens is 460 g/mol. The van der Waals surface area contributed by atoms with Crippen molar-refractivity contribution < 1.29 is 22.9 Å². The van der Waals surface area contributed by atoms with Crippen molar-refractivity contribution in [1.82, 2.24) is 4.31 Å². The summed E-state index contributed by atoms with van der Waals surface area (Å²) in [4.78, 5) is 26.0. The van der Waals surface area contributed by atoms with E-state index in [1.807, 2.05) is 4.90 Å². The van der Waals surface area contributed by atoms with Crippen LogP contribution in [0.2, 0.25) is 0 Å². The lowest BCUT2D eigenvalue weighted by Crippen LogP contribution is -2.35. The van der Waals surface area contributed by atoms with Gasteiger partial charge in [0.1, 0.15) is 10.6 Å². The Morgan fingerprint density at radius 2 is 1.68 bits per heavy atom. The molecule has 2 fully saturated rings. The van der Waals surface area contributed by atoms with E-state index >= 15 is 0 Å². The van der Waals surface area contributed by atoms with Crippen LogP contribution in [0.3, 0.4) is 0 Å². The van der Waals surface area contributed by atoms with E-state index in [1.165, 1.54) is 35.7 Å². The molecule has 1 amide bonds. The predicted octanol–water partition coefficient (Wildman–Crippen LogP) is 3.63.